The predicted octanol–water partition coefficient (Wildman–Crippen LogP) is 3.91. The van der Waals surface area contributed by atoms with E-state index in [2.05, 4.69) is 5.32 Å². The maximum Gasteiger partial charge on any atom is 0.326 e. The van der Waals surface area contributed by atoms with Gasteiger partial charge in [0, 0.05) is 31.3 Å². The van der Waals surface area contributed by atoms with Crippen LogP contribution in [0.2, 0.25) is 0 Å². The average molecular weight is 597 g/mol. The average Bonchev–Trinajstić information content (AvgIpc) is 3.31. The molecule has 2 aromatic rings. The van der Waals surface area contributed by atoms with Gasteiger partial charge in [-0.2, -0.15) is 0 Å². The number of Topliss-reactive ketones (excluding diaryl/α,β-unsaturated/α-hetero) is 1. The van der Waals surface area contributed by atoms with Gasteiger partial charge in [0.1, 0.15) is 17.6 Å². The van der Waals surface area contributed by atoms with E-state index in [1.165, 1.54) is 4.31 Å². The molecule has 9 nitrogen and oxygen atoms in total. The molecule has 226 valence electrons. The Labute approximate surface area is 247 Å². The summed E-state index contributed by atoms with van der Waals surface area (Å²) in [6.45, 7) is 4.31. The third-order valence-corrected chi connectivity index (χ3v) is 12.1. The molecular weight excluding hydrogens is 556 g/mol. The van der Waals surface area contributed by atoms with Crippen molar-refractivity contribution in [2.75, 3.05) is 26.0 Å². The molecular formula is C32H40N2O7S. The molecule has 3 fully saturated rings. The van der Waals surface area contributed by atoms with Crippen molar-refractivity contribution < 1.29 is 32.6 Å². The van der Waals surface area contributed by atoms with Gasteiger partial charge in [0.25, 0.3) is 0 Å². The highest BCUT2D eigenvalue weighted by molar-refractivity contribution is 7.89. The first-order valence-electron chi connectivity index (χ1n) is 14.6. The summed E-state index contributed by atoms with van der Waals surface area (Å²) >= 11 is 0. The number of ether oxygens (including phenoxy) is 1. The van der Waals surface area contributed by atoms with E-state index < -0.39 is 39.3 Å². The van der Waals surface area contributed by atoms with E-state index in [-0.39, 0.29) is 35.8 Å². The van der Waals surface area contributed by atoms with Crippen LogP contribution in [0, 0.1) is 22.7 Å². The number of carboxylic acid groups (broad SMARTS) is 1. The minimum atomic E-state index is -3.80. The summed E-state index contributed by atoms with van der Waals surface area (Å²) in [4.78, 5) is 38.3. The number of rotatable bonds is 10. The smallest absolute Gasteiger partial charge is 0.326 e. The highest BCUT2D eigenvalue weighted by Crippen LogP contribution is 2.64. The minimum absolute atomic E-state index is 0.00874. The number of nitrogens with zero attached hydrogens (tertiary/aromatic N) is 1. The molecule has 2 bridgehead atoms. The number of sulfonamides is 1. The van der Waals surface area contributed by atoms with Crippen LogP contribution in [-0.2, 0) is 30.8 Å². The Kier molecular flexibility index (Phi) is 8.24. The third kappa shape index (κ3) is 5.58. The molecule has 1 aliphatic heterocycles. The number of aliphatic carboxylic acids is 1. The Morgan fingerprint density at radius 1 is 1.07 bits per heavy atom. The van der Waals surface area contributed by atoms with Crippen LogP contribution in [0.3, 0.4) is 0 Å². The molecule has 42 heavy (non-hydrogen) atoms. The summed E-state index contributed by atoms with van der Waals surface area (Å²) < 4.78 is 33.7. The second-order valence-electron chi connectivity index (χ2n) is 12.6. The third-order valence-electron chi connectivity index (χ3n) is 10.1. The Bertz CT molecular complexity index is 1450. The van der Waals surface area contributed by atoms with Gasteiger partial charge in [-0.3, -0.25) is 9.59 Å². The van der Waals surface area contributed by atoms with Crippen LogP contribution < -0.4 is 10.1 Å². The van der Waals surface area contributed by atoms with Crippen LogP contribution in [0.25, 0.3) is 11.1 Å². The SMILES string of the molecule is COc1ccc(-c2ccc(C[C@H](NC(=O)C3CCCN(S(=O)(=O)CC45CCC(CC4=O)C5(C)C)C3)C(=O)O)cc2)cc1. The monoisotopic (exact) mass is 596 g/mol. The first-order valence-corrected chi connectivity index (χ1v) is 16.2. The number of hydrogen-bond donors (Lipinski definition) is 2. The Hall–Kier alpha value is -3.24. The molecule has 1 amide bonds. The molecule has 0 aromatic heterocycles. The fourth-order valence-corrected chi connectivity index (χ4v) is 9.56. The summed E-state index contributed by atoms with van der Waals surface area (Å²) in [5.41, 5.74) is 1.48. The second-order valence-corrected chi connectivity index (χ2v) is 14.6. The predicted molar refractivity (Wildman–Crippen MR) is 158 cm³/mol. The van der Waals surface area contributed by atoms with Gasteiger partial charge < -0.3 is 15.2 Å². The highest BCUT2D eigenvalue weighted by atomic mass is 32.2. The summed E-state index contributed by atoms with van der Waals surface area (Å²) in [6, 6.07) is 14.0. The largest absolute Gasteiger partial charge is 0.497 e. The quantitative estimate of drug-likeness (QED) is 0.425. The van der Waals surface area contributed by atoms with E-state index in [9.17, 15) is 27.9 Å². The molecule has 10 heteroatoms. The van der Waals surface area contributed by atoms with Gasteiger partial charge in [-0.1, -0.05) is 50.2 Å². The topological polar surface area (TPSA) is 130 Å². The summed E-state index contributed by atoms with van der Waals surface area (Å²) in [5, 5.41) is 12.5. The molecule has 0 radical (unpaired) electrons. The maximum absolute atomic E-state index is 13.6. The first kappa shape index (κ1) is 30.2. The van der Waals surface area contributed by atoms with Crippen LogP contribution in [0.4, 0.5) is 0 Å². The number of amides is 1. The zero-order valence-corrected chi connectivity index (χ0v) is 25.3. The van der Waals surface area contributed by atoms with Crippen molar-refractivity contribution in [1.29, 1.82) is 0 Å². The van der Waals surface area contributed by atoms with Gasteiger partial charge >= 0.3 is 5.97 Å². The second kappa shape index (κ2) is 11.4. The minimum Gasteiger partial charge on any atom is -0.497 e. The summed E-state index contributed by atoms with van der Waals surface area (Å²) in [5.74, 6) is -1.48. The Morgan fingerprint density at radius 2 is 1.71 bits per heavy atom. The molecule has 2 aliphatic carbocycles. The van der Waals surface area contributed by atoms with E-state index >= 15 is 0 Å². The number of carbonyl (C=O) groups excluding carboxylic acids is 2. The summed E-state index contributed by atoms with van der Waals surface area (Å²) in [6.07, 6.45) is 2.95. The van der Waals surface area contributed by atoms with Crippen LogP contribution in [0.5, 0.6) is 5.75 Å². The lowest BCUT2D eigenvalue weighted by atomic mass is 9.70. The molecule has 3 unspecified atom stereocenters. The lowest BCUT2D eigenvalue weighted by Gasteiger charge is -2.39. The highest BCUT2D eigenvalue weighted by Gasteiger charge is 2.65. The Morgan fingerprint density at radius 3 is 2.26 bits per heavy atom. The van der Waals surface area contributed by atoms with E-state index in [0.29, 0.717) is 32.2 Å². The van der Waals surface area contributed by atoms with Crippen molar-refractivity contribution in [1.82, 2.24) is 9.62 Å². The number of fused-ring (bicyclic) bond motifs is 2. The van der Waals surface area contributed by atoms with Gasteiger partial charge in [-0.15, -0.1) is 0 Å². The zero-order chi connectivity index (χ0) is 30.3. The fraction of sp³-hybridized carbons (Fsp3) is 0.531. The van der Waals surface area contributed by atoms with Gasteiger partial charge in [-0.25, -0.2) is 17.5 Å². The first-order chi connectivity index (χ1) is 19.9. The molecule has 3 aliphatic rings. The van der Waals surface area contributed by atoms with Gasteiger partial charge in [0.05, 0.1) is 18.8 Å². The van der Waals surface area contributed by atoms with E-state index in [4.69, 9.17) is 4.74 Å². The van der Waals surface area contributed by atoms with Gasteiger partial charge in [0.15, 0.2) is 0 Å². The van der Waals surface area contributed by atoms with Crippen molar-refractivity contribution in [2.45, 2.75) is 58.4 Å². The van der Waals surface area contributed by atoms with Crippen molar-refractivity contribution in [2.24, 2.45) is 22.7 Å². The van der Waals surface area contributed by atoms with E-state index in [0.717, 1.165) is 28.9 Å². The molecule has 2 aromatic carbocycles. The number of benzene rings is 2. The number of ketones is 1. The van der Waals surface area contributed by atoms with Crippen molar-refractivity contribution in [3.8, 4) is 16.9 Å². The van der Waals surface area contributed by atoms with E-state index in [1.807, 2.05) is 62.4 Å². The van der Waals surface area contributed by atoms with Crippen LogP contribution in [0.1, 0.15) is 51.5 Å². The molecule has 4 atom stereocenters. The molecule has 0 spiro atoms. The van der Waals surface area contributed by atoms with Crippen LogP contribution >= 0.6 is 0 Å². The number of nitrogens with one attached hydrogen (secondary N) is 1. The van der Waals surface area contributed by atoms with Gasteiger partial charge in [-0.05, 0) is 65.8 Å². The number of hydrogen-bond acceptors (Lipinski definition) is 6. The van der Waals surface area contributed by atoms with Crippen LogP contribution in [0.15, 0.2) is 48.5 Å². The molecule has 1 heterocycles. The number of piperidine rings is 1. The van der Waals surface area contributed by atoms with Crippen molar-refractivity contribution >= 4 is 27.7 Å². The normalized spacial score (nSPS) is 26.1. The van der Waals surface area contributed by atoms with Crippen LogP contribution in [-0.4, -0.2) is 67.5 Å². The fourth-order valence-electron chi connectivity index (χ4n) is 7.26. The maximum atomic E-state index is 13.6. The molecule has 5 rings (SSSR count). The lowest BCUT2D eigenvalue weighted by Crippen LogP contribution is -2.52. The lowest BCUT2D eigenvalue weighted by molar-refractivity contribution is -0.142. The zero-order valence-electron chi connectivity index (χ0n) is 24.5. The molecule has 1 saturated heterocycles. The van der Waals surface area contributed by atoms with E-state index in [1.54, 1.807) is 7.11 Å². The number of carboxylic acids is 1. The molecule has 2 saturated carbocycles. The van der Waals surface area contributed by atoms with Crippen molar-refractivity contribution in [3.05, 3.63) is 54.1 Å². The van der Waals surface area contributed by atoms with Crippen molar-refractivity contribution in [3.63, 3.8) is 0 Å². The summed E-state index contributed by atoms with van der Waals surface area (Å²) in [7, 11) is -2.19. The standard InChI is InChI=1S/C32H40N2O7S/c1-31(2)25-14-15-32(31,28(35)18-25)20-42(39,40)34-16-4-5-24(19-34)29(36)33-27(30(37)38)17-21-6-8-22(9-7-21)23-10-12-26(41-3)13-11-23/h6-13,24-25,27H,4-5,14-20H2,1-3H3,(H,33,36)(H,37,38)/t24?,25?,27-,32?/m0/s1. The molecule has 2 N–H and O–H groups in total. The Balaban J connectivity index is 1.22. The van der Waals surface area contributed by atoms with Gasteiger partial charge in [0.2, 0.25) is 15.9 Å². The number of methoxy groups -OCH3 is 1. The number of carbonyl (C=O) groups is 3.